The van der Waals surface area contributed by atoms with Crippen LogP contribution in [-0.2, 0) is 11.0 Å². The minimum Gasteiger partial charge on any atom is -0.504 e. The fraction of sp³-hybridized carbons (Fsp3) is 0.476. The van der Waals surface area contributed by atoms with Crippen LogP contribution in [-0.4, -0.2) is 29.5 Å². The van der Waals surface area contributed by atoms with Crippen molar-refractivity contribution in [1.29, 1.82) is 0 Å². The molecule has 2 rings (SSSR count). The van der Waals surface area contributed by atoms with E-state index in [-0.39, 0.29) is 11.4 Å². The Morgan fingerprint density at radius 3 is 2.35 bits per heavy atom. The molecule has 1 N–H and O–H groups in total. The summed E-state index contributed by atoms with van der Waals surface area (Å²) in [6, 6.07) is 7.87. The van der Waals surface area contributed by atoms with E-state index in [1.54, 1.807) is 7.11 Å². The number of nitrogens with zero attached hydrogens (tertiary/aromatic N) is 1. The van der Waals surface area contributed by atoms with Crippen molar-refractivity contribution in [2.24, 2.45) is 0 Å². The van der Waals surface area contributed by atoms with Gasteiger partial charge in [-0.2, -0.15) is 0 Å². The highest BCUT2D eigenvalue weighted by Gasteiger charge is 2.32. The van der Waals surface area contributed by atoms with Gasteiger partial charge in [-0.05, 0) is 68.3 Å². The molecule has 0 bridgehead atoms. The summed E-state index contributed by atoms with van der Waals surface area (Å²) in [5.41, 5.74) is 4.67. The van der Waals surface area contributed by atoms with Crippen LogP contribution in [0, 0.1) is 20.8 Å². The Balaban J connectivity index is 2.59. The third-order valence-corrected chi connectivity index (χ3v) is 9.04. The van der Waals surface area contributed by atoms with E-state index in [0.717, 1.165) is 28.1 Å². The molecule has 26 heavy (non-hydrogen) atoms. The minimum atomic E-state index is -2.44. The summed E-state index contributed by atoms with van der Waals surface area (Å²) < 4.78 is 19.0. The molecular formula is C21H30NO3P. The van der Waals surface area contributed by atoms with Crippen molar-refractivity contribution in [3.63, 3.8) is 0 Å². The third kappa shape index (κ3) is 4.12. The molecular weight excluding hydrogens is 345 g/mol. The van der Waals surface area contributed by atoms with Crippen molar-refractivity contribution in [2.75, 3.05) is 19.4 Å². The first-order chi connectivity index (χ1) is 12.3. The number of rotatable bonds is 7. The number of hydrogen-bond acceptors (Lipinski definition) is 4. The predicted octanol–water partition coefficient (Wildman–Crippen LogP) is 5.41. The second kappa shape index (κ2) is 8.26. The molecule has 1 aromatic carbocycles. The van der Waals surface area contributed by atoms with Gasteiger partial charge in [0.05, 0.1) is 14.3 Å². The lowest BCUT2D eigenvalue weighted by Crippen LogP contribution is -2.10. The van der Waals surface area contributed by atoms with Crippen LogP contribution in [0.5, 0.6) is 11.5 Å². The van der Waals surface area contributed by atoms with Gasteiger partial charge in [0.2, 0.25) is 0 Å². The van der Waals surface area contributed by atoms with E-state index in [2.05, 4.69) is 11.1 Å². The lowest BCUT2D eigenvalue weighted by molar-refractivity contribution is 0.371. The van der Waals surface area contributed by atoms with Crippen molar-refractivity contribution in [3.05, 3.63) is 52.3 Å². The number of pyridine rings is 1. The zero-order valence-corrected chi connectivity index (χ0v) is 17.6. The topological polar surface area (TPSA) is 59.4 Å². The Bertz CT molecular complexity index is 824. The molecule has 0 saturated carbocycles. The average Bonchev–Trinajstić information content (AvgIpc) is 2.62. The normalized spacial score (nSPS) is 12.8. The zero-order valence-electron chi connectivity index (χ0n) is 16.7. The molecule has 5 heteroatoms. The number of hydrogen-bond donors (Lipinski definition) is 1. The number of aromatic nitrogens is 1. The molecule has 0 aliphatic rings. The molecule has 0 amide bonds. The van der Waals surface area contributed by atoms with Gasteiger partial charge in [-0.3, -0.25) is 4.98 Å². The van der Waals surface area contributed by atoms with Crippen LogP contribution < -0.4 is 4.74 Å². The predicted molar refractivity (Wildman–Crippen MR) is 108 cm³/mol. The number of methoxy groups -OCH3 is 1. The first-order valence-corrected chi connectivity index (χ1v) is 11.3. The summed E-state index contributed by atoms with van der Waals surface area (Å²) in [6.07, 6.45) is 1.97. The molecule has 0 radical (unpaired) electrons. The molecule has 1 atom stereocenters. The summed E-state index contributed by atoms with van der Waals surface area (Å²) in [7, 11) is -0.898. The van der Waals surface area contributed by atoms with Gasteiger partial charge in [-0.1, -0.05) is 26.0 Å². The summed E-state index contributed by atoms with van der Waals surface area (Å²) >= 11 is 0. The van der Waals surface area contributed by atoms with Crippen LogP contribution in [0.2, 0.25) is 0 Å². The smallest absolute Gasteiger partial charge is 0.161 e. The molecule has 2 aromatic rings. The van der Waals surface area contributed by atoms with Gasteiger partial charge in [0.15, 0.2) is 11.5 Å². The summed E-state index contributed by atoms with van der Waals surface area (Å²) in [5, 5.41) is 10.2. The average molecular weight is 375 g/mol. The highest BCUT2D eigenvalue weighted by Crippen LogP contribution is 2.60. The molecule has 0 aliphatic carbocycles. The lowest BCUT2D eigenvalue weighted by atomic mass is 10.0. The number of benzene rings is 1. The Morgan fingerprint density at radius 2 is 1.81 bits per heavy atom. The van der Waals surface area contributed by atoms with Crippen LogP contribution in [0.15, 0.2) is 24.3 Å². The largest absolute Gasteiger partial charge is 0.504 e. The van der Waals surface area contributed by atoms with Gasteiger partial charge < -0.3 is 14.4 Å². The van der Waals surface area contributed by atoms with Crippen LogP contribution >= 0.6 is 7.14 Å². The Labute approximate surface area is 157 Å². The van der Waals surface area contributed by atoms with E-state index in [9.17, 15) is 9.67 Å². The fourth-order valence-electron chi connectivity index (χ4n) is 3.48. The number of aromatic hydroxyl groups is 1. The fourth-order valence-corrected chi connectivity index (χ4v) is 6.03. The Kier molecular flexibility index (Phi) is 6.52. The van der Waals surface area contributed by atoms with E-state index in [4.69, 9.17) is 4.74 Å². The molecule has 0 aliphatic heterocycles. The van der Waals surface area contributed by atoms with Crippen LogP contribution in [0.1, 0.15) is 47.6 Å². The van der Waals surface area contributed by atoms with Gasteiger partial charge in [0.1, 0.15) is 0 Å². The summed E-state index contributed by atoms with van der Waals surface area (Å²) in [5.74, 6) is 0.577. The molecule has 142 valence electrons. The molecule has 0 spiro atoms. The highest BCUT2D eigenvalue weighted by molar-refractivity contribution is 7.64. The van der Waals surface area contributed by atoms with Crippen LogP contribution in [0.3, 0.4) is 0 Å². The van der Waals surface area contributed by atoms with Crippen LogP contribution in [0.25, 0.3) is 0 Å². The molecule has 0 fully saturated rings. The molecule has 0 saturated heterocycles. The maximum Gasteiger partial charge on any atom is 0.161 e. The highest BCUT2D eigenvalue weighted by atomic mass is 31.2. The number of ether oxygens (including phenoxy) is 1. The summed E-state index contributed by atoms with van der Waals surface area (Å²) in [6.45, 7) is 9.83. The maximum absolute atomic E-state index is 13.7. The van der Waals surface area contributed by atoms with Crippen molar-refractivity contribution in [1.82, 2.24) is 4.98 Å². The van der Waals surface area contributed by atoms with Gasteiger partial charge >= 0.3 is 0 Å². The monoisotopic (exact) mass is 375 g/mol. The van der Waals surface area contributed by atoms with Gasteiger partial charge in [-0.15, -0.1) is 0 Å². The van der Waals surface area contributed by atoms with Crippen molar-refractivity contribution >= 4 is 7.14 Å². The quantitative estimate of drug-likeness (QED) is 0.658. The number of aryl methyl sites for hydroxylation is 3. The van der Waals surface area contributed by atoms with Crippen molar-refractivity contribution in [3.8, 4) is 11.5 Å². The lowest BCUT2D eigenvalue weighted by Gasteiger charge is -2.28. The van der Waals surface area contributed by atoms with Gasteiger partial charge in [0, 0.05) is 17.0 Å². The standard InChI is InChI=1S/C21H30NO3P/c1-7-26(24,8-2)20(13-17-10-9-15(4)22-16(17)5)18-11-14(3)21(23)19(12-18)25-6/h9-12,20,23H,7-8,13H2,1-6H3. The van der Waals surface area contributed by atoms with E-state index in [1.165, 1.54) is 0 Å². The molecule has 1 unspecified atom stereocenters. The van der Waals surface area contributed by atoms with Gasteiger partial charge in [-0.25, -0.2) is 0 Å². The third-order valence-electron chi connectivity index (χ3n) is 5.28. The SMILES string of the molecule is CCP(=O)(CC)C(Cc1ccc(C)nc1C)c1cc(C)c(O)c(OC)c1. The molecule has 1 aromatic heterocycles. The Hall–Kier alpha value is -1.80. The maximum atomic E-state index is 13.7. The summed E-state index contributed by atoms with van der Waals surface area (Å²) in [4.78, 5) is 4.57. The minimum absolute atomic E-state index is 0.117. The molecule has 4 nitrogen and oxygen atoms in total. The first kappa shape index (κ1) is 20.5. The van der Waals surface area contributed by atoms with Crippen molar-refractivity contribution in [2.45, 2.75) is 46.7 Å². The first-order valence-electron chi connectivity index (χ1n) is 9.14. The Morgan fingerprint density at radius 1 is 1.15 bits per heavy atom. The van der Waals surface area contributed by atoms with E-state index >= 15 is 0 Å². The number of phenolic OH excluding ortho intramolecular Hbond substituents is 1. The van der Waals surface area contributed by atoms with Gasteiger partial charge in [0.25, 0.3) is 0 Å². The van der Waals surface area contributed by atoms with E-state index in [0.29, 0.717) is 24.5 Å². The second-order valence-electron chi connectivity index (χ2n) is 6.89. The van der Waals surface area contributed by atoms with Crippen molar-refractivity contribution < 1.29 is 14.4 Å². The van der Waals surface area contributed by atoms with E-state index in [1.807, 2.05) is 52.8 Å². The number of phenols is 1. The second-order valence-corrected chi connectivity index (χ2v) is 10.7. The molecule has 1 heterocycles. The van der Waals surface area contributed by atoms with E-state index < -0.39 is 7.14 Å². The zero-order chi connectivity index (χ0) is 19.5. The van der Waals surface area contributed by atoms with Crippen LogP contribution in [0.4, 0.5) is 0 Å².